The highest BCUT2D eigenvalue weighted by Crippen LogP contribution is 2.19. The number of aliphatic hydroxyl groups excluding tert-OH is 1. The van der Waals surface area contributed by atoms with Crippen LogP contribution in [0.4, 0.5) is 0 Å². The van der Waals surface area contributed by atoms with Crippen molar-refractivity contribution in [2.45, 2.75) is 53.2 Å². The number of ether oxygens (including phenoxy) is 1. The number of rotatable bonds is 5. The molecular formula is C16H24O3. The molecule has 0 amide bonds. The smallest absolute Gasteiger partial charge is 0.311 e. The molecule has 0 spiro atoms. The molecule has 1 aromatic carbocycles. The van der Waals surface area contributed by atoms with E-state index in [2.05, 4.69) is 0 Å². The third kappa shape index (κ3) is 5.03. The first kappa shape index (κ1) is 15.7. The number of hydrogen-bond donors (Lipinski definition) is 1. The van der Waals surface area contributed by atoms with E-state index in [1.54, 1.807) is 0 Å². The molecule has 0 fully saturated rings. The minimum atomic E-state index is -0.464. The third-order valence-electron chi connectivity index (χ3n) is 3.01. The Kier molecular flexibility index (Phi) is 5.55. The lowest BCUT2D eigenvalue weighted by molar-refractivity contribution is -0.158. The molecule has 0 heterocycles. The standard InChI is InChI=1S/C16H24O3/c1-5-14(19-15(18)16(2,3)4)10-12-6-8-13(11-17)9-7-12/h6-9,14,17H,5,10-11H2,1-4H3. The van der Waals surface area contributed by atoms with Gasteiger partial charge in [-0.3, -0.25) is 4.79 Å². The second-order valence-electron chi connectivity index (χ2n) is 5.86. The number of benzene rings is 1. The van der Waals surface area contributed by atoms with Crippen molar-refractivity contribution in [1.82, 2.24) is 0 Å². The first-order valence-corrected chi connectivity index (χ1v) is 6.76. The molecule has 0 aromatic heterocycles. The number of carbonyl (C=O) groups excluding carboxylic acids is 1. The van der Waals surface area contributed by atoms with Crippen molar-refractivity contribution in [2.24, 2.45) is 5.41 Å². The molecule has 0 saturated heterocycles. The van der Waals surface area contributed by atoms with Gasteiger partial charge in [0, 0.05) is 6.42 Å². The average Bonchev–Trinajstić information content (AvgIpc) is 2.37. The Morgan fingerprint density at radius 1 is 1.21 bits per heavy atom. The Balaban J connectivity index is 2.63. The first-order chi connectivity index (χ1) is 8.86. The van der Waals surface area contributed by atoms with Crippen LogP contribution in [0.1, 0.15) is 45.2 Å². The molecule has 0 bridgehead atoms. The van der Waals surface area contributed by atoms with E-state index >= 15 is 0 Å². The van der Waals surface area contributed by atoms with E-state index in [0.717, 1.165) is 17.5 Å². The number of esters is 1. The van der Waals surface area contributed by atoms with E-state index in [1.165, 1.54) is 0 Å². The van der Waals surface area contributed by atoms with Crippen LogP contribution in [0.2, 0.25) is 0 Å². The molecule has 0 saturated carbocycles. The molecule has 1 atom stereocenters. The zero-order valence-corrected chi connectivity index (χ0v) is 12.3. The quantitative estimate of drug-likeness (QED) is 0.831. The van der Waals surface area contributed by atoms with Crippen LogP contribution in [-0.2, 0) is 22.6 Å². The second-order valence-corrected chi connectivity index (χ2v) is 5.86. The molecule has 0 aliphatic carbocycles. The van der Waals surface area contributed by atoms with E-state index < -0.39 is 5.41 Å². The molecule has 1 aromatic rings. The van der Waals surface area contributed by atoms with Crippen LogP contribution >= 0.6 is 0 Å². The maximum absolute atomic E-state index is 11.9. The summed E-state index contributed by atoms with van der Waals surface area (Å²) in [6, 6.07) is 7.74. The van der Waals surface area contributed by atoms with Gasteiger partial charge in [-0.15, -0.1) is 0 Å². The van der Waals surface area contributed by atoms with Crippen molar-refractivity contribution in [2.75, 3.05) is 0 Å². The van der Waals surface area contributed by atoms with Crippen molar-refractivity contribution in [3.63, 3.8) is 0 Å². The lowest BCUT2D eigenvalue weighted by Gasteiger charge is -2.22. The van der Waals surface area contributed by atoms with E-state index in [1.807, 2.05) is 52.0 Å². The molecule has 106 valence electrons. The van der Waals surface area contributed by atoms with E-state index in [-0.39, 0.29) is 18.7 Å². The van der Waals surface area contributed by atoms with Gasteiger partial charge in [0.25, 0.3) is 0 Å². The first-order valence-electron chi connectivity index (χ1n) is 6.76. The van der Waals surface area contributed by atoms with E-state index in [0.29, 0.717) is 6.42 Å². The Morgan fingerprint density at radius 3 is 2.16 bits per heavy atom. The van der Waals surface area contributed by atoms with Crippen molar-refractivity contribution < 1.29 is 14.6 Å². The fraction of sp³-hybridized carbons (Fsp3) is 0.562. The summed E-state index contributed by atoms with van der Waals surface area (Å²) in [5.41, 5.74) is 1.54. The van der Waals surface area contributed by atoms with Gasteiger partial charge in [-0.1, -0.05) is 31.2 Å². The van der Waals surface area contributed by atoms with E-state index in [9.17, 15) is 4.79 Å². The Morgan fingerprint density at radius 2 is 1.74 bits per heavy atom. The molecule has 1 unspecified atom stereocenters. The fourth-order valence-corrected chi connectivity index (χ4v) is 1.64. The Hall–Kier alpha value is -1.35. The molecule has 3 heteroatoms. The maximum Gasteiger partial charge on any atom is 0.311 e. The average molecular weight is 264 g/mol. The van der Waals surface area contributed by atoms with Crippen molar-refractivity contribution >= 4 is 5.97 Å². The van der Waals surface area contributed by atoms with Crippen LogP contribution in [0, 0.1) is 5.41 Å². The second kappa shape index (κ2) is 6.71. The monoisotopic (exact) mass is 264 g/mol. The van der Waals surface area contributed by atoms with Gasteiger partial charge in [0.2, 0.25) is 0 Å². The molecule has 0 aliphatic rings. The Labute approximate surface area is 115 Å². The predicted molar refractivity (Wildman–Crippen MR) is 75.7 cm³/mol. The third-order valence-corrected chi connectivity index (χ3v) is 3.01. The number of carbonyl (C=O) groups is 1. The summed E-state index contributed by atoms with van der Waals surface area (Å²) in [4.78, 5) is 11.9. The molecule has 19 heavy (non-hydrogen) atoms. The van der Waals surface area contributed by atoms with Crippen molar-refractivity contribution in [3.05, 3.63) is 35.4 Å². The maximum atomic E-state index is 11.9. The van der Waals surface area contributed by atoms with Crippen LogP contribution in [0.5, 0.6) is 0 Å². The largest absolute Gasteiger partial charge is 0.462 e. The van der Waals surface area contributed by atoms with Crippen molar-refractivity contribution in [1.29, 1.82) is 0 Å². The molecule has 3 nitrogen and oxygen atoms in total. The Bertz CT molecular complexity index is 401. The SMILES string of the molecule is CCC(Cc1ccc(CO)cc1)OC(=O)C(C)(C)C. The fourth-order valence-electron chi connectivity index (χ4n) is 1.64. The highest BCUT2D eigenvalue weighted by molar-refractivity contribution is 5.75. The lowest BCUT2D eigenvalue weighted by Crippen LogP contribution is -2.29. The van der Waals surface area contributed by atoms with Gasteiger partial charge in [-0.05, 0) is 38.3 Å². The van der Waals surface area contributed by atoms with Crippen LogP contribution < -0.4 is 0 Å². The molecule has 0 aliphatic heterocycles. The van der Waals surface area contributed by atoms with Gasteiger partial charge in [0.1, 0.15) is 6.10 Å². The molecular weight excluding hydrogens is 240 g/mol. The minimum Gasteiger partial charge on any atom is -0.462 e. The van der Waals surface area contributed by atoms with Crippen LogP contribution in [0.3, 0.4) is 0 Å². The number of hydrogen-bond acceptors (Lipinski definition) is 3. The van der Waals surface area contributed by atoms with Crippen LogP contribution in [-0.4, -0.2) is 17.2 Å². The topological polar surface area (TPSA) is 46.5 Å². The molecule has 1 N–H and O–H groups in total. The molecule has 0 radical (unpaired) electrons. The van der Waals surface area contributed by atoms with Gasteiger partial charge in [0.05, 0.1) is 12.0 Å². The summed E-state index contributed by atoms with van der Waals surface area (Å²) in [6.45, 7) is 7.65. The van der Waals surface area contributed by atoms with E-state index in [4.69, 9.17) is 9.84 Å². The van der Waals surface area contributed by atoms with Crippen LogP contribution in [0.25, 0.3) is 0 Å². The van der Waals surface area contributed by atoms with Crippen LogP contribution in [0.15, 0.2) is 24.3 Å². The highest BCUT2D eigenvalue weighted by Gasteiger charge is 2.25. The van der Waals surface area contributed by atoms with Gasteiger partial charge in [-0.25, -0.2) is 0 Å². The predicted octanol–water partition coefficient (Wildman–Crippen LogP) is 3.09. The van der Waals surface area contributed by atoms with Gasteiger partial charge in [-0.2, -0.15) is 0 Å². The number of aliphatic hydroxyl groups is 1. The van der Waals surface area contributed by atoms with Gasteiger partial charge >= 0.3 is 5.97 Å². The van der Waals surface area contributed by atoms with Gasteiger partial charge < -0.3 is 9.84 Å². The summed E-state index contributed by atoms with van der Waals surface area (Å²) in [7, 11) is 0. The highest BCUT2D eigenvalue weighted by atomic mass is 16.5. The van der Waals surface area contributed by atoms with Gasteiger partial charge in [0.15, 0.2) is 0 Å². The summed E-state index contributed by atoms with van der Waals surface area (Å²) >= 11 is 0. The summed E-state index contributed by atoms with van der Waals surface area (Å²) < 4.78 is 5.54. The summed E-state index contributed by atoms with van der Waals surface area (Å²) in [5, 5.41) is 9.00. The summed E-state index contributed by atoms with van der Waals surface area (Å²) in [5.74, 6) is -0.161. The van der Waals surface area contributed by atoms with Crippen molar-refractivity contribution in [3.8, 4) is 0 Å². The lowest BCUT2D eigenvalue weighted by atomic mass is 9.97. The zero-order valence-electron chi connectivity index (χ0n) is 12.3. The normalized spacial score (nSPS) is 13.1. The minimum absolute atomic E-state index is 0.0521. The zero-order chi connectivity index (χ0) is 14.5. The molecule has 1 rings (SSSR count). The summed E-state index contributed by atoms with van der Waals surface area (Å²) in [6.07, 6.45) is 1.42.